The summed E-state index contributed by atoms with van der Waals surface area (Å²) in [6.07, 6.45) is 0. The molecular weight excluding hydrogens is 240 g/mol. The van der Waals surface area contributed by atoms with E-state index in [4.69, 9.17) is 5.26 Å². The van der Waals surface area contributed by atoms with Gasteiger partial charge in [-0.3, -0.25) is 0 Å². The van der Waals surface area contributed by atoms with E-state index in [0.29, 0.717) is 18.7 Å². The second-order valence-corrected chi connectivity index (χ2v) is 4.24. The molecule has 0 aliphatic heterocycles. The maximum atomic E-state index is 9.37. The van der Waals surface area contributed by atoms with Crippen LogP contribution in [0.4, 0.5) is 0 Å². The Morgan fingerprint density at radius 1 is 0.947 bits per heavy atom. The van der Waals surface area contributed by atoms with Gasteiger partial charge in [0, 0.05) is 13.1 Å². The maximum absolute atomic E-state index is 9.37. The molecule has 0 fully saturated rings. The molecule has 0 heterocycles. The number of hydrogen-bond donors (Lipinski definition) is 3. The highest BCUT2D eigenvalue weighted by Crippen LogP contribution is 2.24. The van der Waals surface area contributed by atoms with Crippen LogP contribution in [0.3, 0.4) is 0 Å². The van der Waals surface area contributed by atoms with Crippen molar-refractivity contribution < 1.29 is 10.2 Å². The van der Waals surface area contributed by atoms with Crippen LogP contribution in [0.15, 0.2) is 42.5 Å². The minimum absolute atomic E-state index is 0.120. The molecule has 2 aromatic carbocycles. The van der Waals surface area contributed by atoms with Crippen LogP contribution in [0.2, 0.25) is 0 Å². The average molecular weight is 254 g/mol. The van der Waals surface area contributed by atoms with E-state index in [-0.39, 0.29) is 11.5 Å². The van der Waals surface area contributed by atoms with E-state index in [9.17, 15) is 10.2 Å². The second kappa shape index (κ2) is 5.89. The Kier molecular flexibility index (Phi) is 4.01. The van der Waals surface area contributed by atoms with Gasteiger partial charge in [0.05, 0.1) is 11.6 Å². The molecule has 0 atom stereocenters. The molecule has 0 amide bonds. The van der Waals surface area contributed by atoms with Crippen LogP contribution in [0.25, 0.3) is 0 Å². The number of nitrogens with zero attached hydrogens (tertiary/aromatic N) is 1. The molecule has 0 aliphatic rings. The molecule has 0 radical (unpaired) electrons. The van der Waals surface area contributed by atoms with Crippen molar-refractivity contribution in [1.29, 1.82) is 5.26 Å². The summed E-state index contributed by atoms with van der Waals surface area (Å²) in [7, 11) is 0. The monoisotopic (exact) mass is 254 g/mol. The first kappa shape index (κ1) is 12.9. The van der Waals surface area contributed by atoms with Gasteiger partial charge < -0.3 is 15.5 Å². The molecule has 19 heavy (non-hydrogen) atoms. The lowest BCUT2D eigenvalue weighted by Gasteiger charge is -2.06. The molecule has 4 nitrogen and oxygen atoms in total. The van der Waals surface area contributed by atoms with Crippen molar-refractivity contribution in [2.45, 2.75) is 13.1 Å². The number of aromatic hydroxyl groups is 2. The first-order chi connectivity index (χ1) is 9.19. The zero-order chi connectivity index (χ0) is 13.7. The number of phenols is 2. The molecule has 4 heteroatoms. The topological polar surface area (TPSA) is 76.3 Å². The van der Waals surface area contributed by atoms with Crippen molar-refractivity contribution in [2.75, 3.05) is 0 Å². The van der Waals surface area contributed by atoms with Crippen LogP contribution in [0.5, 0.6) is 11.5 Å². The van der Waals surface area contributed by atoms with E-state index >= 15 is 0 Å². The van der Waals surface area contributed by atoms with Gasteiger partial charge in [-0.1, -0.05) is 18.2 Å². The fraction of sp³-hybridized carbons (Fsp3) is 0.133. The summed E-state index contributed by atoms with van der Waals surface area (Å²) in [5.41, 5.74) is 2.55. The summed E-state index contributed by atoms with van der Waals surface area (Å²) in [6, 6.07) is 14.2. The molecule has 96 valence electrons. The molecule has 0 bridgehead atoms. The van der Waals surface area contributed by atoms with Crippen LogP contribution in [-0.2, 0) is 13.1 Å². The molecule has 0 spiro atoms. The normalized spacial score (nSPS) is 10.1. The van der Waals surface area contributed by atoms with E-state index in [1.807, 2.05) is 18.2 Å². The average Bonchev–Trinajstić information content (AvgIpc) is 2.43. The Morgan fingerprint density at radius 2 is 1.68 bits per heavy atom. The smallest absolute Gasteiger partial charge is 0.157 e. The Hall–Kier alpha value is -2.51. The summed E-state index contributed by atoms with van der Waals surface area (Å²) < 4.78 is 0. The Balaban J connectivity index is 1.92. The zero-order valence-corrected chi connectivity index (χ0v) is 10.3. The maximum Gasteiger partial charge on any atom is 0.157 e. The van der Waals surface area contributed by atoms with E-state index in [1.54, 1.807) is 12.1 Å². The van der Waals surface area contributed by atoms with Gasteiger partial charge >= 0.3 is 0 Å². The SMILES string of the molecule is N#Cc1cccc(CNCc2ccc(O)c(O)c2)c1. The quantitative estimate of drug-likeness (QED) is 0.731. The molecule has 2 rings (SSSR count). The van der Waals surface area contributed by atoms with Gasteiger partial charge in [0.25, 0.3) is 0 Å². The number of nitrogens with one attached hydrogen (secondary N) is 1. The van der Waals surface area contributed by atoms with E-state index < -0.39 is 0 Å². The lowest BCUT2D eigenvalue weighted by molar-refractivity contribution is 0.403. The lowest BCUT2D eigenvalue weighted by Crippen LogP contribution is -2.12. The highest BCUT2D eigenvalue weighted by molar-refractivity contribution is 5.40. The van der Waals surface area contributed by atoms with Crippen LogP contribution < -0.4 is 5.32 Å². The van der Waals surface area contributed by atoms with Crippen molar-refractivity contribution in [2.24, 2.45) is 0 Å². The number of nitriles is 1. The minimum Gasteiger partial charge on any atom is -0.504 e. The van der Waals surface area contributed by atoms with Crippen LogP contribution in [0, 0.1) is 11.3 Å². The Bertz CT molecular complexity index is 618. The molecule has 0 unspecified atom stereocenters. The van der Waals surface area contributed by atoms with Gasteiger partial charge in [0.15, 0.2) is 11.5 Å². The molecule has 0 aliphatic carbocycles. The number of rotatable bonds is 4. The fourth-order valence-electron chi connectivity index (χ4n) is 1.78. The van der Waals surface area contributed by atoms with Gasteiger partial charge in [0.2, 0.25) is 0 Å². The highest BCUT2D eigenvalue weighted by Gasteiger charge is 2.01. The van der Waals surface area contributed by atoms with Gasteiger partial charge in [-0.15, -0.1) is 0 Å². The largest absolute Gasteiger partial charge is 0.504 e. The number of benzene rings is 2. The Labute approximate surface area is 111 Å². The van der Waals surface area contributed by atoms with Gasteiger partial charge in [-0.05, 0) is 35.4 Å². The fourth-order valence-corrected chi connectivity index (χ4v) is 1.78. The van der Waals surface area contributed by atoms with E-state index in [1.165, 1.54) is 12.1 Å². The first-order valence-electron chi connectivity index (χ1n) is 5.89. The van der Waals surface area contributed by atoms with Crippen LogP contribution >= 0.6 is 0 Å². The van der Waals surface area contributed by atoms with Gasteiger partial charge in [-0.2, -0.15) is 5.26 Å². The predicted molar refractivity (Wildman–Crippen MR) is 71.5 cm³/mol. The molecule has 3 N–H and O–H groups in total. The van der Waals surface area contributed by atoms with Gasteiger partial charge in [0.1, 0.15) is 0 Å². The summed E-state index contributed by atoms with van der Waals surface area (Å²) in [5.74, 6) is -0.240. The summed E-state index contributed by atoms with van der Waals surface area (Å²) in [4.78, 5) is 0. The van der Waals surface area contributed by atoms with Crippen LogP contribution in [0.1, 0.15) is 16.7 Å². The Morgan fingerprint density at radius 3 is 2.37 bits per heavy atom. The minimum atomic E-state index is -0.120. The van der Waals surface area contributed by atoms with E-state index in [0.717, 1.165) is 11.1 Å². The van der Waals surface area contributed by atoms with Crippen molar-refractivity contribution in [3.8, 4) is 17.6 Å². The highest BCUT2D eigenvalue weighted by atomic mass is 16.3. The third kappa shape index (κ3) is 3.47. The van der Waals surface area contributed by atoms with Crippen molar-refractivity contribution >= 4 is 0 Å². The number of phenolic OH excluding ortho intramolecular Hbond substituents is 2. The van der Waals surface area contributed by atoms with Crippen molar-refractivity contribution in [1.82, 2.24) is 5.32 Å². The second-order valence-electron chi connectivity index (χ2n) is 4.24. The van der Waals surface area contributed by atoms with E-state index in [2.05, 4.69) is 11.4 Å². The molecule has 2 aromatic rings. The standard InChI is InChI=1S/C15H14N2O2/c16-8-11-2-1-3-12(6-11)9-17-10-13-4-5-14(18)15(19)7-13/h1-7,17-19H,9-10H2. The van der Waals surface area contributed by atoms with Crippen molar-refractivity contribution in [3.05, 3.63) is 59.2 Å². The third-order valence-corrected chi connectivity index (χ3v) is 2.75. The zero-order valence-electron chi connectivity index (χ0n) is 10.3. The van der Waals surface area contributed by atoms with Crippen molar-refractivity contribution in [3.63, 3.8) is 0 Å². The summed E-state index contributed by atoms with van der Waals surface area (Å²) in [6.45, 7) is 1.21. The number of hydrogen-bond acceptors (Lipinski definition) is 4. The lowest BCUT2D eigenvalue weighted by atomic mass is 10.1. The predicted octanol–water partition coefficient (Wildman–Crippen LogP) is 2.26. The molecule has 0 saturated carbocycles. The summed E-state index contributed by atoms with van der Waals surface area (Å²) in [5, 5.41) is 30.6. The molecular formula is C15H14N2O2. The van der Waals surface area contributed by atoms with Crippen LogP contribution in [-0.4, -0.2) is 10.2 Å². The summed E-state index contributed by atoms with van der Waals surface area (Å²) >= 11 is 0. The first-order valence-corrected chi connectivity index (χ1v) is 5.89. The third-order valence-electron chi connectivity index (χ3n) is 2.75. The molecule has 0 saturated heterocycles. The van der Waals surface area contributed by atoms with Gasteiger partial charge in [-0.25, -0.2) is 0 Å². The molecule has 0 aromatic heterocycles.